The molecule has 1 saturated carbocycles. The number of aromatic hydroxyl groups is 4. The normalized spacial score (nSPS) is 20.8. The van der Waals surface area contributed by atoms with Crippen LogP contribution >= 0.6 is 0 Å². The molecule has 0 aliphatic heterocycles. The molecule has 6 nitrogen and oxygen atoms in total. The maximum atomic E-state index is 9.86. The summed E-state index contributed by atoms with van der Waals surface area (Å²) in [5, 5.41) is 38.8. The molecule has 0 heterocycles. The van der Waals surface area contributed by atoms with Crippen LogP contribution in [0.25, 0.3) is 0 Å². The van der Waals surface area contributed by atoms with Crippen LogP contribution in [0.15, 0.2) is 46.4 Å². The Bertz CT molecular complexity index is 763. The Morgan fingerprint density at radius 1 is 0.692 bits per heavy atom. The quantitative estimate of drug-likeness (QED) is 0.499. The van der Waals surface area contributed by atoms with Gasteiger partial charge < -0.3 is 20.4 Å². The first-order chi connectivity index (χ1) is 12.5. The van der Waals surface area contributed by atoms with Crippen molar-refractivity contribution in [3.05, 3.63) is 47.5 Å². The summed E-state index contributed by atoms with van der Waals surface area (Å²) < 4.78 is 0. The van der Waals surface area contributed by atoms with Gasteiger partial charge in [-0.05, 0) is 49.2 Å². The summed E-state index contributed by atoms with van der Waals surface area (Å²) in [6.07, 6.45) is 7.00. The van der Waals surface area contributed by atoms with Crippen molar-refractivity contribution in [3.63, 3.8) is 0 Å². The van der Waals surface area contributed by atoms with E-state index in [4.69, 9.17) is 0 Å². The first-order valence-corrected chi connectivity index (χ1v) is 8.63. The van der Waals surface area contributed by atoms with Crippen molar-refractivity contribution in [2.75, 3.05) is 0 Å². The summed E-state index contributed by atoms with van der Waals surface area (Å²) in [4.78, 5) is 9.13. The van der Waals surface area contributed by atoms with E-state index in [1.807, 2.05) is 0 Å². The minimum atomic E-state index is -0.0406. The van der Waals surface area contributed by atoms with E-state index in [-0.39, 0.29) is 35.1 Å². The topological polar surface area (TPSA) is 106 Å². The Kier molecular flexibility index (Phi) is 5.41. The fourth-order valence-corrected chi connectivity index (χ4v) is 3.08. The lowest BCUT2D eigenvalue weighted by Gasteiger charge is -2.25. The Labute approximate surface area is 151 Å². The van der Waals surface area contributed by atoms with Crippen LogP contribution in [0.1, 0.15) is 36.8 Å². The number of nitrogens with zero attached hydrogens (tertiary/aromatic N) is 2. The highest BCUT2D eigenvalue weighted by Crippen LogP contribution is 2.26. The van der Waals surface area contributed by atoms with Crippen LogP contribution < -0.4 is 0 Å². The van der Waals surface area contributed by atoms with Gasteiger partial charge in [0.25, 0.3) is 0 Å². The van der Waals surface area contributed by atoms with Crippen LogP contribution in [-0.4, -0.2) is 44.9 Å². The van der Waals surface area contributed by atoms with Crippen molar-refractivity contribution in [3.8, 4) is 23.0 Å². The zero-order valence-corrected chi connectivity index (χ0v) is 14.3. The second-order valence-electron chi connectivity index (χ2n) is 6.46. The second-order valence-corrected chi connectivity index (χ2v) is 6.46. The lowest BCUT2D eigenvalue weighted by atomic mass is 9.91. The zero-order chi connectivity index (χ0) is 18.5. The highest BCUT2D eigenvalue weighted by Gasteiger charge is 2.23. The largest absolute Gasteiger partial charge is 0.508 e. The first kappa shape index (κ1) is 17.8. The fraction of sp³-hybridized carbons (Fsp3) is 0.300. The van der Waals surface area contributed by atoms with E-state index in [0.717, 1.165) is 25.7 Å². The number of hydrogen-bond donors (Lipinski definition) is 4. The molecule has 0 spiro atoms. The van der Waals surface area contributed by atoms with Crippen LogP contribution in [0.4, 0.5) is 0 Å². The summed E-state index contributed by atoms with van der Waals surface area (Å²) in [5.74, 6) is 0.267. The van der Waals surface area contributed by atoms with Gasteiger partial charge in [-0.2, -0.15) is 0 Å². The molecule has 2 aromatic rings. The molecule has 0 aromatic heterocycles. The molecule has 26 heavy (non-hydrogen) atoms. The number of phenolic OH excluding ortho intramolecular Hbond substituents is 4. The summed E-state index contributed by atoms with van der Waals surface area (Å²) in [5.41, 5.74) is 0.924. The number of rotatable bonds is 4. The molecule has 1 aliphatic rings. The fourth-order valence-electron chi connectivity index (χ4n) is 3.08. The van der Waals surface area contributed by atoms with Gasteiger partial charge in [-0.15, -0.1) is 0 Å². The van der Waals surface area contributed by atoms with E-state index in [9.17, 15) is 20.4 Å². The van der Waals surface area contributed by atoms with Crippen LogP contribution in [-0.2, 0) is 0 Å². The molecule has 2 aromatic carbocycles. The molecule has 1 aliphatic carbocycles. The third kappa shape index (κ3) is 4.33. The van der Waals surface area contributed by atoms with Gasteiger partial charge in [0.1, 0.15) is 23.0 Å². The smallest absolute Gasteiger partial charge is 0.124 e. The van der Waals surface area contributed by atoms with Gasteiger partial charge in [0.05, 0.1) is 12.1 Å². The van der Waals surface area contributed by atoms with E-state index in [0.29, 0.717) is 11.1 Å². The Morgan fingerprint density at radius 3 is 1.54 bits per heavy atom. The van der Waals surface area contributed by atoms with E-state index >= 15 is 0 Å². The van der Waals surface area contributed by atoms with Crippen molar-refractivity contribution >= 4 is 12.4 Å². The van der Waals surface area contributed by atoms with Crippen LogP contribution in [0.5, 0.6) is 23.0 Å². The standard InChI is InChI=1S/C20H22N2O4/c23-15-5-7-19(25)13(9-15)11-21-17-3-1-2-4-18(17)22-12-14-10-16(24)6-8-20(14)26/h5-12,17-18,23-26H,1-4H2/t17-,18-/m0/s1. The lowest BCUT2D eigenvalue weighted by molar-refractivity contribution is 0.390. The molecular weight excluding hydrogens is 332 g/mol. The molecule has 6 heteroatoms. The number of hydrogen-bond acceptors (Lipinski definition) is 6. The Morgan fingerprint density at radius 2 is 1.12 bits per heavy atom. The van der Waals surface area contributed by atoms with Crippen molar-refractivity contribution in [1.29, 1.82) is 0 Å². The minimum Gasteiger partial charge on any atom is -0.508 e. The van der Waals surface area contributed by atoms with Crippen LogP contribution in [0, 0.1) is 0 Å². The monoisotopic (exact) mass is 354 g/mol. The molecule has 0 saturated heterocycles. The summed E-state index contributed by atoms with van der Waals surface area (Å²) in [6.45, 7) is 0. The summed E-state index contributed by atoms with van der Waals surface area (Å²) in [6, 6.07) is 8.54. The molecular formula is C20H22N2O4. The van der Waals surface area contributed by atoms with Crippen molar-refractivity contribution in [1.82, 2.24) is 0 Å². The van der Waals surface area contributed by atoms with Gasteiger partial charge in [-0.25, -0.2) is 0 Å². The van der Waals surface area contributed by atoms with Gasteiger partial charge in [-0.1, -0.05) is 12.8 Å². The van der Waals surface area contributed by atoms with E-state index in [1.165, 1.54) is 36.4 Å². The molecule has 0 amide bonds. The van der Waals surface area contributed by atoms with Gasteiger partial charge >= 0.3 is 0 Å². The average molecular weight is 354 g/mol. The molecule has 0 unspecified atom stereocenters. The number of phenols is 4. The predicted molar refractivity (Wildman–Crippen MR) is 101 cm³/mol. The summed E-state index contributed by atoms with van der Waals surface area (Å²) in [7, 11) is 0. The van der Waals surface area contributed by atoms with Crippen molar-refractivity contribution in [2.45, 2.75) is 37.8 Å². The van der Waals surface area contributed by atoms with Gasteiger partial charge in [0.2, 0.25) is 0 Å². The lowest BCUT2D eigenvalue weighted by Crippen LogP contribution is -2.27. The number of aliphatic imine (C=N–C) groups is 2. The van der Waals surface area contributed by atoms with Gasteiger partial charge in [0, 0.05) is 23.6 Å². The molecule has 2 atom stereocenters. The maximum Gasteiger partial charge on any atom is 0.124 e. The SMILES string of the molecule is Oc1ccc(O)c(C=N[C@H]2CCCC[C@@H]2N=Cc2cc(O)ccc2O)c1. The highest BCUT2D eigenvalue weighted by atomic mass is 16.3. The van der Waals surface area contributed by atoms with Gasteiger partial charge in [0.15, 0.2) is 0 Å². The third-order valence-corrected chi connectivity index (χ3v) is 4.53. The average Bonchev–Trinajstić information content (AvgIpc) is 2.64. The van der Waals surface area contributed by atoms with Gasteiger partial charge in [-0.3, -0.25) is 9.98 Å². The molecule has 4 N–H and O–H groups in total. The van der Waals surface area contributed by atoms with Crippen molar-refractivity contribution in [2.24, 2.45) is 9.98 Å². The highest BCUT2D eigenvalue weighted by molar-refractivity contribution is 5.85. The van der Waals surface area contributed by atoms with E-state index in [1.54, 1.807) is 12.4 Å². The molecule has 3 rings (SSSR count). The van der Waals surface area contributed by atoms with Crippen molar-refractivity contribution < 1.29 is 20.4 Å². The first-order valence-electron chi connectivity index (χ1n) is 8.63. The molecule has 1 fully saturated rings. The minimum absolute atomic E-state index is 0.0406. The molecule has 0 bridgehead atoms. The maximum absolute atomic E-state index is 9.86. The van der Waals surface area contributed by atoms with E-state index in [2.05, 4.69) is 9.98 Å². The molecule has 136 valence electrons. The Hall–Kier alpha value is -3.02. The van der Waals surface area contributed by atoms with E-state index < -0.39 is 0 Å². The Balaban J connectivity index is 1.77. The molecule has 0 radical (unpaired) electrons. The third-order valence-electron chi connectivity index (χ3n) is 4.53. The van der Waals surface area contributed by atoms with Crippen LogP contribution in [0.3, 0.4) is 0 Å². The second kappa shape index (κ2) is 7.91. The van der Waals surface area contributed by atoms with Crippen LogP contribution in [0.2, 0.25) is 0 Å². The summed E-state index contributed by atoms with van der Waals surface area (Å²) >= 11 is 0. The zero-order valence-electron chi connectivity index (χ0n) is 14.3. The number of benzene rings is 2. The predicted octanol–water partition coefficient (Wildman–Crippen LogP) is 3.36.